The summed E-state index contributed by atoms with van der Waals surface area (Å²) in [6, 6.07) is 4.04. The molecule has 2 aliphatic rings. The lowest BCUT2D eigenvalue weighted by Gasteiger charge is -2.33. The number of carbonyl (C=O) groups excluding carboxylic acids is 1. The first-order chi connectivity index (χ1) is 12.6. The average Bonchev–Trinajstić information content (AvgIpc) is 3.36. The molecule has 1 atom stereocenters. The second-order valence-corrected chi connectivity index (χ2v) is 7.36. The highest BCUT2D eigenvalue weighted by Crippen LogP contribution is 2.40. The Balaban J connectivity index is 1.44. The van der Waals surface area contributed by atoms with E-state index in [0.29, 0.717) is 22.7 Å². The van der Waals surface area contributed by atoms with Crippen molar-refractivity contribution in [3.8, 4) is 0 Å². The van der Waals surface area contributed by atoms with Crippen LogP contribution >= 0.6 is 11.6 Å². The Morgan fingerprint density at radius 2 is 2.19 bits per heavy atom. The number of nitrogens with zero attached hydrogens (tertiary/aromatic N) is 3. The number of likely N-dealkylation sites (tertiary alicyclic amines) is 1. The van der Waals surface area contributed by atoms with E-state index in [2.05, 4.69) is 15.5 Å². The van der Waals surface area contributed by atoms with Gasteiger partial charge in [-0.2, -0.15) is 4.98 Å². The van der Waals surface area contributed by atoms with E-state index in [1.54, 1.807) is 0 Å². The number of rotatable bonds is 5. The van der Waals surface area contributed by atoms with E-state index in [4.69, 9.17) is 16.1 Å². The van der Waals surface area contributed by atoms with Crippen molar-refractivity contribution in [2.45, 2.75) is 44.1 Å². The molecule has 138 valence electrons. The summed E-state index contributed by atoms with van der Waals surface area (Å²) in [5, 5.41) is 7.10. The molecule has 1 saturated carbocycles. The zero-order valence-corrected chi connectivity index (χ0v) is 15.0. The fourth-order valence-electron chi connectivity index (χ4n) is 3.32. The molecule has 1 aliphatic carbocycles. The summed E-state index contributed by atoms with van der Waals surface area (Å²) in [4.78, 5) is 19.0. The van der Waals surface area contributed by atoms with Crippen LogP contribution in [0, 0.1) is 5.82 Å². The molecule has 1 aliphatic heterocycles. The van der Waals surface area contributed by atoms with Crippen molar-refractivity contribution >= 4 is 23.2 Å². The van der Waals surface area contributed by atoms with E-state index < -0.39 is 5.82 Å². The van der Waals surface area contributed by atoms with Crippen LogP contribution in [-0.2, 0) is 4.79 Å². The van der Waals surface area contributed by atoms with Crippen LogP contribution in [0.25, 0.3) is 0 Å². The van der Waals surface area contributed by atoms with Gasteiger partial charge in [-0.15, -0.1) is 0 Å². The standard InChI is InChI=1S/C18H20ClFN4O2/c19-12-6-7-13(20)14(9-12)21-16(25)10-24-8-2-1-3-15(24)17-22-18(26-23-17)11-4-5-11/h6-7,9,11,15H,1-5,8,10H2,(H,21,25). The number of hydrogen-bond acceptors (Lipinski definition) is 5. The van der Waals surface area contributed by atoms with Crippen LogP contribution in [0.15, 0.2) is 22.7 Å². The minimum absolute atomic E-state index is 0.0463. The van der Waals surface area contributed by atoms with E-state index in [-0.39, 0.29) is 24.2 Å². The average molecular weight is 379 g/mol. The van der Waals surface area contributed by atoms with Crippen LogP contribution < -0.4 is 5.32 Å². The van der Waals surface area contributed by atoms with Crippen LogP contribution in [-0.4, -0.2) is 34.0 Å². The van der Waals surface area contributed by atoms with E-state index in [9.17, 15) is 9.18 Å². The third-order valence-corrected chi connectivity index (χ3v) is 5.08. The molecule has 26 heavy (non-hydrogen) atoms. The number of anilines is 1. The Morgan fingerprint density at radius 3 is 3.00 bits per heavy atom. The highest BCUT2D eigenvalue weighted by Gasteiger charge is 2.33. The lowest BCUT2D eigenvalue weighted by atomic mass is 10.0. The molecule has 2 heterocycles. The van der Waals surface area contributed by atoms with Gasteiger partial charge in [-0.25, -0.2) is 4.39 Å². The maximum absolute atomic E-state index is 13.8. The minimum atomic E-state index is -0.509. The summed E-state index contributed by atoms with van der Waals surface area (Å²) >= 11 is 5.87. The molecule has 1 amide bonds. The molecule has 1 saturated heterocycles. The van der Waals surface area contributed by atoms with Gasteiger partial charge < -0.3 is 9.84 Å². The SMILES string of the molecule is O=C(CN1CCCCC1c1noc(C2CC2)n1)Nc1cc(Cl)ccc1F. The predicted octanol–water partition coefficient (Wildman–Crippen LogP) is 3.91. The normalized spacial score (nSPS) is 20.9. The van der Waals surface area contributed by atoms with Gasteiger partial charge in [0.05, 0.1) is 18.3 Å². The number of hydrogen-bond donors (Lipinski definition) is 1. The maximum atomic E-state index is 13.8. The van der Waals surface area contributed by atoms with Gasteiger partial charge in [0.2, 0.25) is 11.8 Å². The highest BCUT2D eigenvalue weighted by molar-refractivity contribution is 6.30. The molecule has 1 aromatic heterocycles. The number of benzene rings is 1. The third kappa shape index (κ3) is 3.88. The summed E-state index contributed by atoms with van der Waals surface area (Å²) in [6.45, 7) is 0.910. The van der Waals surface area contributed by atoms with Gasteiger partial charge >= 0.3 is 0 Å². The summed E-state index contributed by atoms with van der Waals surface area (Å²) in [5.41, 5.74) is 0.0895. The molecule has 0 bridgehead atoms. The monoisotopic (exact) mass is 378 g/mol. The van der Waals surface area contributed by atoms with Crippen molar-refractivity contribution in [2.24, 2.45) is 0 Å². The number of carbonyl (C=O) groups is 1. The van der Waals surface area contributed by atoms with Gasteiger partial charge in [-0.1, -0.05) is 23.2 Å². The number of amides is 1. The molecule has 1 N–H and O–H groups in total. The first-order valence-electron chi connectivity index (χ1n) is 8.92. The topological polar surface area (TPSA) is 71.3 Å². The van der Waals surface area contributed by atoms with Crippen molar-refractivity contribution in [1.82, 2.24) is 15.0 Å². The van der Waals surface area contributed by atoms with E-state index in [1.807, 2.05) is 4.90 Å². The Hall–Kier alpha value is -1.99. The molecular formula is C18H20ClFN4O2. The lowest BCUT2D eigenvalue weighted by Crippen LogP contribution is -2.39. The first-order valence-corrected chi connectivity index (χ1v) is 9.30. The predicted molar refractivity (Wildman–Crippen MR) is 94.5 cm³/mol. The van der Waals surface area contributed by atoms with E-state index in [1.165, 1.54) is 18.2 Å². The fourth-order valence-corrected chi connectivity index (χ4v) is 3.49. The molecule has 0 spiro atoms. The van der Waals surface area contributed by atoms with E-state index >= 15 is 0 Å². The van der Waals surface area contributed by atoms with Crippen molar-refractivity contribution in [3.05, 3.63) is 40.8 Å². The summed E-state index contributed by atoms with van der Waals surface area (Å²) < 4.78 is 19.2. The molecule has 8 heteroatoms. The van der Waals surface area contributed by atoms with Gasteiger partial charge in [-0.05, 0) is 50.4 Å². The zero-order chi connectivity index (χ0) is 18.1. The van der Waals surface area contributed by atoms with Crippen molar-refractivity contribution in [1.29, 1.82) is 0 Å². The minimum Gasteiger partial charge on any atom is -0.339 e. The Morgan fingerprint density at radius 1 is 1.35 bits per heavy atom. The number of halogens is 2. The van der Waals surface area contributed by atoms with Crippen LogP contribution in [0.3, 0.4) is 0 Å². The fraction of sp³-hybridized carbons (Fsp3) is 0.500. The third-order valence-electron chi connectivity index (χ3n) is 4.84. The molecule has 4 rings (SSSR count). The zero-order valence-electron chi connectivity index (χ0n) is 14.3. The van der Waals surface area contributed by atoms with Gasteiger partial charge in [0.15, 0.2) is 5.82 Å². The molecule has 1 unspecified atom stereocenters. The van der Waals surface area contributed by atoms with Gasteiger partial charge in [-0.3, -0.25) is 9.69 Å². The largest absolute Gasteiger partial charge is 0.339 e. The highest BCUT2D eigenvalue weighted by atomic mass is 35.5. The molecular weight excluding hydrogens is 359 g/mol. The first kappa shape index (κ1) is 17.4. The number of aromatic nitrogens is 2. The number of piperidine rings is 1. The Kier molecular flexibility index (Phi) is 4.91. The summed E-state index contributed by atoms with van der Waals surface area (Å²) in [6.07, 6.45) is 5.14. The Bertz CT molecular complexity index is 808. The molecule has 6 nitrogen and oxygen atoms in total. The van der Waals surface area contributed by atoms with Gasteiger partial charge in [0.25, 0.3) is 0 Å². The quantitative estimate of drug-likeness (QED) is 0.854. The number of nitrogens with one attached hydrogen (secondary N) is 1. The van der Waals surface area contributed by atoms with Crippen molar-refractivity contribution in [3.63, 3.8) is 0 Å². The second kappa shape index (κ2) is 7.32. The van der Waals surface area contributed by atoms with Crippen LogP contribution in [0.1, 0.15) is 55.8 Å². The van der Waals surface area contributed by atoms with Crippen LogP contribution in [0.4, 0.5) is 10.1 Å². The lowest BCUT2D eigenvalue weighted by molar-refractivity contribution is -0.118. The van der Waals surface area contributed by atoms with Gasteiger partial charge in [0.1, 0.15) is 5.82 Å². The molecule has 2 fully saturated rings. The van der Waals surface area contributed by atoms with Crippen LogP contribution in [0.2, 0.25) is 5.02 Å². The second-order valence-electron chi connectivity index (χ2n) is 6.92. The van der Waals surface area contributed by atoms with Crippen molar-refractivity contribution in [2.75, 3.05) is 18.4 Å². The smallest absolute Gasteiger partial charge is 0.238 e. The Labute approximate surface area is 155 Å². The van der Waals surface area contributed by atoms with E-state index in [0.717, 1.165) is 38.6 Å². The summed E-state index contributed by atoms with van der Waals surface area (Å²) in [7, 11) is 0. The molecule has 1 aromatic carbocycles. The molecule has 0 radical (unpaired) electrons. The molecule has 2 aromatic rings. The van der Waals surface area contributed by atoms with Crippen LogP contribution in [0.5, 0.6) is 0 Å². The summed E-state index contributed by atoms with van der Waals surface area (Å²) in [5.74, 6) is 0.959. The van der Waals surface area contributed by atoms with Crippen molar-refractivity contribution < 1.29 is 13.7 Å². The maximum Gasteiger partial charge on any atom is 0.238 e. The van der Waals surface area contributed by atoms with Gasteiger partial charge in [0, 0.05) is 10.9 Å².